The van der Waals surface area contributed by atoms with Crippen molar-refractivity contribution in [1.82, 2.24) is 5.32 Å². The van der Waals surface area contributed by atoms with Crippen LogP contribution in [0.4, 0.5) is 17.6 Å². The van der Waals surface area contributed by atoms with Gasteiger partial charge in [0.2, 0.25) is 0 Å². The molecule has 0 bridgehead atoms. The van der Waals surface area contributed by atoms with Crippen LogP contribution in [-0.4, -0.2) is 25.9 Å². The van der Waals surface area contributed by atoms with Crippen molar-refractivity contribution in [2.75, 3.05) is 13.6 Å². The molecule has 18 heavy (non-hydrogen) atoms. The first-order valence-electron chi connectivity index (χ1n) is 5.47. The predicted octanol–water partition coefficient (Wildman–Crippen LogP) is 3.05. The molecule has 2 nitrogen and oxygen atoms in total. The van der Waals surface area contributed by atoms with Crippen LogP contribution in [-0.2, 0) is 4.74 Å². The molecule has 2 unspecified atom stereocenters. The number of nitrogens with one attached hydrogen (secondary N) is 1. The normalized spacial score (nSPS) is 15.4. The van der Waals surface area contributed by atoms with Gasteiger partial charge in [0.05, 0.1) is 6.10 Å². The van der Waals surface area contributed by atoms with Gasteiger partial charge in [-0.1, -0.05) is 18.2 Å². The molecule has 0 saturated carbocycles. The van der Waals surface area contributed by atoms with E-state index in [-0.39, 0.29) is 12.1 Å². The average molecular weight is 265 g/mol. The van der Waals surface area contributed by atoms with Gasteiger partial charge in [0.1, 0.15) is 5.82 Å². The van der Waals surface area contributed by atoms with Crippen LogP contribution in [0.3, 0.4) is 0 Å². The highest BCUT2D eigenvalue weighted by molar-refractivity contribution is 5.20. The van der Waals surface area contributed by atoms with Crippen molar-refractivity contribution in [2.45, 2.75) is 25.3 Å². The van der Waals surface area contributed by atoms with Crippen LogP contribution >= 0.6 is 0 Å². The lowest BCUT2D eigenvalue weighted by atomic mass is 10.1. The van der Waals surface area contributed by atoms with Crippen LogP contribution in [0, 0.1) is 5.82 Å². The lowest BCUT2D eigenvalue weighted by molar-refractivity contribution is -0.227. The minimum Gasteiger partial charge on any atom is -0.360 e. The third-order valence-electron chi connectivity index (χ3n) is 2.47. The van der Waals surface area contributed by atoms with Gasteiger partial charge < -0.3 is 10.1 Å². The van der Waals surface area contributed by atoms with E-state index in [2.05, 4.69) is 5.32 Å². The Kier molecular flexibility index (Phi) is 5.10. The van der Waals surface area contributed by atoms with Crippen molar-refractivity contribution in [2.24, 2.45) is 0 Å². The van der Waals surface area contributed by atoms with Crippen molar-refractivity contribution < 1.29 is 22.3 Å². The number of rotatable bonds is 5. The maximum atomic E-state index is 13.5. The first-order chi connectivity index (χ1) is 8.36. The Bertz CT molecular complexity index is 381. The third kappa shape index (κ3) is 3.96. The van der Waals surface area contributed by atoms with E-state index >= 15 is 0 Å². The monoisotopic (exact) mass is 265 g/mol. The smallest absolute Gasteiger partial charge is 0.360 e. The van der Waals surface area contributed by atoms with Crippen molar-refractivity contribution in [3.8, 4) is 0 Å². The van der Waals surface area contributed by atoms with Crippen molar-refractivity contribution in [1.29, 1.82) is 0 Å². The Morgan fingerprint density at radius 3 is 2.39 bits per heavy atom. The standard InChI is InChI=1S/C12H15F4NO/c1-8(12(14,15)16)18-11(7-17-2)9-5-3-4-6-10(9)13/h3-6,8,11,17H,7H2,1-2H3. The molecule has 102 valence electrons. The summed E-state index contributed by atoms with van der Waals surface area (Å²) in [6.07, 6.45) is -7.39. The van der Waals surface area contributed by atoms with Gasteiger partial charge in [-0.25, -0.2) is 4.39 Å². The van der Waals surface area contributed by atoms with E-state index in [1.54, 1.807) is 13.1 Å². The van der Waals surface area contributed by atoms with E-state index in [1.807, 2.05) is 0 Å². The largest absolute Gasteiger partial charge is 0.414 e. The number of ether oxygens (including phenoxy) is 1. The Morgan fingerprint density at radius 1 is 1.28 bits per heavy atom. The van der Waals surface area contributed by atoms with Gasteiger partial charge in [-0.15, -0.1) is 0 Å². The summed E-state index contributed by atoms with van der Waals surface area (Å²) >= 11 is 0. The number of hydrogen-bond donors (Lipinski definition) is 1. The molecule has 1 N–H and O–H groups in total. The SMILES string of the molecule is CNCC(OC(C)C(F)(F)F)c1ccccc1F. The molecule has 0 amide bonds. The Labute approximate surface area is 103 Å². The van der Waals surface area contributed by atoms with Gasteiger partial charge >= 0.3 is 6.18 Å². The highest BCUT2D eigenvalue weighted by Crippen LogP contribution is 2.28. The first-order valence-corrected chi connectivity index (χ1v) is 5.47. The highest BCUT2D eigenvalue weighted by atomic mass is 19.4. The molecule has 1 rings (SSSR count). The second-order valence-electron chi connectivity index (χ2n) is 3.89. The maximum Gasteiger partial charge on any atom is 0.414 e. The Hall–Kier alpha value is -1.14. The summed E-state index contributed by atoms with van der Waals surface area (Å²) in [7, 11) is 1.56. The van der Waals surface area contributed by atoms with Gasteiger partial charge in [0.25, 0.3) is 0 Å². The van der Waals surface area contributed by atoms with Gasteiger partial charge in [-0.05, 0) is 20.0 Å². The van der Waals surface area contributed by atoms with Crippen LogP contribution in [0.5, 0.6) is 0 Å². The van der Waals surface area contributed by atoms with E-state index in [0.29, 0.717) is 0 Å². The van der Waals surface area contributed by atoms with Crippen LogP contribution in [0.25, 0.3) is 0 Å². The van der Waals surface area contributed by atoms with E-state index in [1.165, 1.54) is 18.2 Å². The molecule has 0 spiro atoms. The van der Waals surface area contributed by atoms with E-state index in [9.17, 15) is 17.6 Å². The molecule has 1 aromatic rings. The summed E-state index contributed by atoms with van der Waals surface area (Å²) in [5.41, 5.74) is 0.114. The fraction of sp³-hybridized carbons (Fsp3) is 0.500. The van der Waals surface area contributed by atoms with Crippen LogP contribution in [0.2, 0.25) is 0 Å². The first kappa shape index (κ1) is 14.9. The fourth-order valence-corrected chi connectivity index (χ4v) is 1.48. The topological polar surface area (TPSA) is 21.3 Å². The number of halogens is 4. The molecule has 0 heterocycles. The van der Waals surface area contributed by atoms with Crippen molar-refractivity contribution in [3.63, 3.8) is 0 Å². The number of alkyl halides is 3. The summed E-state index contributed by atoms with van der Waals surface area (Å²) in [6.45, 7) is 1.00. The summed E-state index contributed by atoms with van der Waals surface area (Å²) in [6, 6.07) is 5.64. The van der Waals surface area contributed by atoms with Gasteiger partial charge in [-0.3, -0.25) is 0 Å². The molecule has 0 aliphatic rings. The lowest BCUT2D eigenvalue weighted by Crippen LogP contribution is -2.33. The third-order valence-corrected chi connectivity index (χ3v) is 2.47. The molecule has 0 radical (unpaired) electrons. The van der Waals surface area contributed by atoms with Gasteiger partial charge in [-0.2, -0.15) is 13.2 Å². The Morgan fingerprint density at radius 2 is 1.89 bits per heavy atom. The molecule has 0 aromatic heterocycles. The molecule has 0 aliphatic heterocycles. The van der Waals surface area contributed by atoms with Gasteiger partial charge in [0.15, 0.2) is 6.10 Å². The lowest BCUT2D eigenvalue weighted by Gasteiger charge is -2.24. The predicted molar refractivity (Wildman–Crippen MR) is 59.7 cm³/mol. The molecular formula is C12H15F4NO. The van der Waals surface area contributed by atoms with Crippen molar-refractivity contribution in [3.05, 3.63) is 35.6 Å². The molecule has 0 fully saturated rings. The number of hydrogen-bond acceptors (Lipinski definition) is 2. The second-order valence-corrected chi connectivity index (χ2v) is 3.89. The molecule has 2 atom stereocenters. The molecule has 1 aromatic carbocycles. The van der Waals surface area contributed by atoms with E-state index in [0.717, 1.165) is 6.92 Å². The molecule has 0 saturated heterocycles. The zero-order valence-electron chi connectivity index (χ0n) is 10.1. The molecule has 6 heteroatoms. The van der Waals surface area contributed by atoms with Crippen LogP contribution < -0.4 is 5.32 Å². The second kappa shape index (κ2) is 6.15. The van der Waals surface area contributed by atoms with Gasteiger partial charge in [0, 0.05) is 12.1 Å². The average Bonchev–Trinajstić information content (AvgIpc) is 2.28. The van der Waals surface area contributed by atoms with Crippen molar-refractivity contribution >= 4 is 0 Å². The van der Waals surface area contributed by atoms with E-state index in [4.69, 9.17) is 4.74 Å². The maximum absolute atomic E-state index is 13.5. The zero-order valence-corrected chi connectivity index (χ0v) is 10.1. The van der Waals surface area contributed by atoms with E-state index < -0.39 is 24.2 Å². The fourth-order valence-electron chi connectivity index (χ4n) is 1.48. The summed E-state index contributed by atoms with van der Waals surface area (Å²) in [5, 5.41) is 2.69. The summed E-state index contributed by atoms with van der Waals surface area (Å²) in [5.74, 6) is -0.577. The minimum atomic E-state index is -4.46. The van der Waals surface area contributed by atoms with Crippen LogP contribution in [0.1, 0.15) is 18.6 Å². The van der Waals surface area contributed by atoms with Crippen LogP contribution in [0.15, 0.2) is 24.3 Å². The Balaban J connectivity index is 2.87. The number of likely N-dealkylation sites (N-methyl/N-ethyl adjacent to an activating group) is 1. The number of benzene rings is 1. The molecular weight excluding hydrogens is 250 g/mol. The highest BCUT2D eigenvalue weighted by Gasteiger charge is 2.38. The molecule has 0 aliphatic carbocycles. The minimum absolute atomic E-state index is 0.0986. The zero-order chi connectivity index (χ0) is 13.8. The quantitative estimate of drug-likeness (QED) is 0.826. The summed E-state index contributed by atoms with van der Waals surface area (Å²) < 4.78 is 55.7. The summed E-state index contributed by atoms with van der Waals surface area (Å²) in [4.78, 5) is 0.